The van der Waals surface area contributed by atoms with E-state index in [1.165, 1.54) is 19.4 Å². The first kappa shape index (κ1) is 34.1. The van der Waals surface area contributed by atoms with Crippen molar-refractivity contribution in [1.82, 2.24) is 5.32 Å². The normalized spacial score (nSPS) is 20.0. The molecule has 0 aliphatic heterocycles. The van der Waals surface area contributed by atoms with Crippen LogP contribution < -0.4 is 16.0 Å². The van der Waals surface area contributed by atoms with Crippen LogP contribution in [0.4, 0.5) is 11.4 Å². The Bertz CT molecular complexity index is 1290. The van der Waals surface area contributed by atoms with E-state index in [9.17, 15) is 19.2 Å². The van der Waals surface area contributed by atoms with E-state index in [0.717, 1.165) is 11.3 Å². The van der Waals surface area contributed by atoms with E-state index in [1.807, 2.05) is 52.0 Å². The Morgan fingerprint density at radius 3 is 1.67 bits per heavy atom. The van der Waals surface area contributed by atoms with Crippen molar-refractivity contribution in [3.8, 4) is 0 Å². The fourth-order valence-corrected chi connectivity index (χ4v) is 5.12. The molecular weight excluding hydrogens is 530 g/mol. The number of amides is 2. The van der Waals surface area contributed by atoms with Gasteiger partial charge in [0.2, 0.25) is 11.8 Å². The molecule has 42 heavy (non-hydrogen) atoms. The molecule has 3 rings (SSSR count). The highest BCUT2D eigenvalue weighted by Gasteiger charge is 2.61. The molecular formula is C34H45N3O5. The maximum atomic E-state index is 13.3. The third-order valence-corrected chi connectivity index (χ3v) is 7.89. The van der Waals surface area contributed by atoms with Gasteiger partial charge in [0, 0.05) is 34.9 Å². The predicted octanol–water partition coefficient (Wildman–Crippen LogP) is 5.78. The fraction of sp³-hybridized carbons (Fsp3) is 0.441. The highest BCUT2D eigenvalue weighted by atomic mass is 16.2. The van der Waals surface area contributed by atoms with Gasteiger partial charge in [0.05, 0.1) is 11.8 Å². The van der Waals surface area contributed by atoms with E-state index >= 15 is 0 Å². The van der Waals surface area contributed by atoms with Crippen LogP contribution in [0.5, 0.6) is 0 Å². The summed E-state index contributed by atoms with van der Waals surface area (Å²) in [5.41, 5.74) is 3.35. The number of ketones is 2. The number of hydrogen-bond donors (Lipinski definition) is 3. The minimum Gasteiger partial charge on any atom is -0.362 e. The van der Waals surface area contributed by atoms with Crippen LogP contribution in [0, 0.1) is 23.7 Å². The number of hydrogen-bond acceptors (Lipinski definition) is 6. The Morgan fingerprint density at radius 1 is 0.738 bits per heavy atom. The van der Waals surface area contributed by atoms with E-state index in [4.69, 9.17) is 4.79 Å². The van der Waals surface area contributed by atoms with Crippen LogP contribution in [-0.4, -0.2) is 35.7 Å². The van der Waals surface area contributed by atoms with Gasteiger partial charge in [0.25, 0.3) is 0 Å². The van der Waals surface area contributed by atoms with Crippen molar-refractivity contribution >= 4 is 47.6 Å². The Labute approximate surface area is 249 Å². The fourth-order valence-electron chi connectivity index (χ4n) is 5.12. The topological polar surface area (TPSA) is 121 Å². The number of Topliss-reactive ketones (excluding diaryl/α,β-unsaturated/α-hetero) is 2. The molecule has 1 aliphatic carbocycles. The molecule has 0 bridgehead atoms. The van der Waals surface area contributed by atoms with Gasteiger partial charge in [-0.25, -0.2) is 0 Å². The van der Waals surface area contributed by atoms with Crippen molar-refractivity contribution in [2.75, 3.05) is 10.6 Å². The molecule has 1 fully saturated rings. The number of rotatable bonds is 10. The maximum absolute atomic E-state index is 13.3. The van der Waals surface area contributed by atoms with Crippen LogP contribution in [0.3, 0.4) is 0 Å². The van der Waals surface area contributed by atoms with Gasteiger partial charge in [0.1, 0.15) is 18.4 Å². The number of carbonyl (C=O) groups excluding carboxylic acids is 5. The summed E-state index contributed by atoms with van der Waals surface area (Å²) in [6, 6.07) is 15.6. The highest BCUT2D eigenvalue weighted by Crippen LogP contribution is 2.48. The second-order valence-corrected chi connectivity index (χ2v) is 12.5. The summed E-state index contributed by atoms with van der Waals surface area (Å²) < 4.78 is 0. The summed E-state index contributed by atoms with van der Waals surface area (Å²) in [5.74, 6) is -4.75. The van der Waals surface area contributed by atoms with Gasteiger partial charge < -0.3 is 20.7 Å². The van der Waals surface area contributed by atoms with Crippen LogP contribution in [-0.2, 0) is 29.4 Å². The average molecular weight is 576 g/mol. The first-order valence-corrected chi connectivity index (χ1v) is 14.2. The molecule has 8 nitrogen and oxygen atoms in total. The average Bonchev–Trinajstić information content (AvgIpc) is 2.89. The van der Waals surface area contributed by atoms with Crippen molar-refractivity contribution in [1.29, 1.82) is 0 Å². The van der Waals surface area contributed by atoms with Gasteiger partial charge in [0.15, 0.2) is 0 Å². The summed E-state index contributed by atoms with van der Waals surface area (Å²) in [7, 11) is 0. The summed E-state index contributed by atoms with van der Waals surface area (Å²) in [4.78, 5) is 59.4. The lowest BCUT2D eigenvalue weighted by Crippen LogP contribution is -2.63. The van der Waals surface area contributed by atoms with Crippen LogP contribution in [0.2, 0.25) is 0 Å². The summed E-state index contributed by atoms with van der Waals surface area (Å²) >= 11 is 0. The number of carbonyl (C=O) groups is 5. The van der Waals surface area contributed by atoms with Crippen LogP contribution in [0.25, 0.3) is 6.08 Å². The molecule has 3 N–H and O–H groups in total. The summed E-state index contributed by atoms with van der Waals surface area (Å²) in [6.07, 6.45) is 4.52. The predicted molar refractivity (Wildman–Crippen MR) is 168 cm³/mol. The van der Waals surface area contributed by atoms with Crippen molar-refractivity contribution in [2.45, 2.75) is 72.8 Å². The molecule has 1 saturated carbocycles. The Balaban J connectivity index is 0.00000301. The van der Waals surface area contributed by atoms with Crippen LogP contribution in [0.15, 0.2) is 54.7 Å². The minimum absolute atomic E-state index is 0.109. The third-order valence-electron chi connectivity index (χ3n) is 7.89. The van der Waals surface area contributed by atoms with Gasteiger partial charge >= 0.3 is 0 Å². The second-order valence-electron chi connectivity index (χ2n) is 12.5. The third kappa shape index (κ3) is 8.47. The minimum atomic E-state index is -0.913. The molecule has 4 unspecified atom stereocenters. The molecule has 0 spiro atoms. The van der Waals surface area contributed by atoms with Crippen LogP contribution in [0.1, 0.15) is 72.9 Å². The molecule has 1 aliphatic rings. The van der Waals surface area contributed by atoms with E-state index in [1.54, 1.807) is 12.1 Å². The SMILES string of the molecule is C=O.CCC(C)(C)NC(=O)C1C(C(C)=O)C(C(C)=O)C1C(=O)Nc1ccc(N/C=C/c2ccc(C(C)(C)C)cc2)cc1. The molecule has 2 aromatic carbocycles. The second kappa shape index (κ2) is 14.2. The van der Waals surface area contributed by atoms with E-state index in [0.29, 0.717) is 12.1 Å². The van der Waals surface area contributed by atoms with Gasteiger partial charge in [-0.1, -0.05) is 52.0 Å². The molecule has 2 amide bonds. The summed E-state index contributed by atoms with van der Waals surface area (Å²) in [5, 5.41) is 9.02. The lowest BCUT2D eigenvalue weighted by Gasteiger charge is -2.48. The maximum Gasteiger partial charge on any atom is 0.229 e. The molecule has 0 aromatic heterocycles. The first-order valence-electron chi connectivity index (χ1n) is 14.2. The van der Waals surface area contributed by atoms with Crippen molar-refractivity contribution in [3.63, 3.8) is 0 Å². The smallest absolute Gasteiger partial charge is 0.229 e. The molecule has 0 saturated heterocycles. The lowest BCUT2D eigenvalue weighted by atomic mass is 9.53. The molecule has 0 radical (unpaired) electrons. The number of benzene rings is 2. The first-order chi connectivity index (χ1) is 19.6. The summed E-state index contributed by atoms with van der Waals surface area (Å²) in [6.45, 7) is 17.0. The zero-order valence-electron chi connectivity index (χ0n) is 26.0. The van der Waals surface area contributed by atoms with Crippen molar-refractivity contribution in [3.05, 3.63) is 65.9 Å². The zero-order valence-corrected chi connectivity index (χ0v) is 26.0. The van der Waals surface area contributed by atoms with Crippen LogP contribution >= 0.6 is 0 Å². The molecule has 2 aromatic rings. The zero-order chi connectivity index (χ0) is 31.8. The highest BCUT2D eigenvalue weighted by molar-refractivity contribution is 6.05. The van der Waals surface area contributed by atoms with Crippen molar-refractivity contribution < 1.29 is 24.0 Å². The number of nitrogens with one attached hydrogen (secondary N) is 3. The standard InChI is InChI=1S/C33H43N3O4.CH2O/c1-9-33(7,8)36-31(40)29-27(21(3)38)26(20(2)37)28(29)30(39)35-25-16-14-24(15-17-25)34-19-18-22-10-12-23(13-11-22)32(4,5)6;1-2/h10-19,26-29,34H,9H2,1-8H3,(H,35,39)(H,36,40);1H2/b19-18+;. The van der Waals surface area contributed by atoms with E-state index < -0.39 is 35.1 Å². The molecule has 4 atom stereocenters. The number of anilines is 2. The van der Waals surface area contributed by atoms with Crippen molar-refractivity contribution in [2.24, 2.45) is 23.7 Å². The molecule has 8 heteroatoms. The molecule has 226 valence electrons. The van der Waals surface area contributed by atoms with Gasteiger partial charge in [-0.2, -0.15) is 0 Å². The van der Waals surface area contributed by atoms with E-state index in [2.05, 4.69) is 61.0 Å². The molecule has 0 heterocycles. The largest absolute Gasteiger partial charge is 0.362 e. The Kier molecular flexibility index (Phi) is 11.5. The van der Waals surface area contributed by atoms with Gasteiger partial charge in [-0.3, -0.25) is 19.2 Å². The Morgan fingerprint density at radius 2 is 1.21 bits per heavy atom. The van der Waals surface area contributed by atoms with E-state index in [-0.39, 0.29) is 22.9 Å². The lowest BCUT2D eigenvalue weighted by molar-refractivity contribution is -0.163. The van der Waals surface area contributed by atoms with Gasteiger partial charge in [-0.15, -0.1) is 0 Å². The Hall–Kier alpha value is -4.07. The van der Waals surface area contributed by atoms with Gasteiger partial charge in [-0.05, 0) is 81.0 Å². The monoisotopic (exact) mass is 575 g/mol. The quantitative estimate of drug-likeness (QED) is 0.330.